The van der Waals surface area contributed by atoms with Crippen LogP contribution in [0.3, 0.4) is 0 Å². The normalized spacial score (nSPS) is 13.3. The molecule has 2 aromatic heterocycles. The summed E-state index contributed by atoms with van der Waals surface area (Å²) < 4.78 is 30.6. The van der Waals surface area contributed by atoms with Crippen molar-refractivity contribution in [3.05, 3.63) is 53.3 Å². The van der Waals surface area contributed by atoms with Crippen LogP contribution < -0.4 is 10.3 Å². The summed E-state index contributed by atoms with van der Waals surface area (Å²) >= 11 is 0. The summed E-state index contributed by atoms with van der Waals surface area (Å²) in [6, 6.07) is 6.63. The third-order valence-corrected chi connectivity index (χ3v) is 5.50. The van der Waals surface area contributed by atoms with Crippen LogP contribution in [0.25, 0.3) is 10.8 Å². The van der Waals surface area contributed by atoms with Gasteiger partial charge in [0, 0.05) is 24.2 Å². The lowest BCUT2D eigenvalue weighted by atomic mass is 10.2. The average molecular weight is 389 g/mol. The van der Waals surface area contributed by atoms with E-state index in [0.717, 1.165) is 5.39 Å². The molecule has 0 amide bonds. The molecule has 0 aliphatic rings. The first kappa shape index (κ1) is 19.2. The average Bonchev–Trinajstić information content (AvgIpc) is 3.06. The van der Waals surface area contributed by atoms with Crippen molar-refractivity contribution in [3.8, 4) is 0 Å². The van der Waals surface area contributed by atoms with Gasteiger partial charge in [-0.2, -0.15) is 5.10 Å². The van der Waals surface area contributed by atoms with Gasteiger partial charge in [0.05, 0.1) is 24.5 Å². The minimum absolute atomic E-state index is 0.0335. The molecule has 3 rings (SSSR count). The van der Waals surface area contributed by atoms with Gasteiger partial charge in [0.25, 0.3) is 15.6 Å². The van der Waals surface area contributed by atoms with Crippen molar-refractivity contribution in [1.29, 1.82) is 0 Å². The van der Waals surface area contributed by atoms with Crippen LogP contribution >= 0.6 is 0 Å². The Kier molecular flexibility index (Phi) is 5.43. The number of benzene rings is 1. The van der Waals surface area contributed by atoms with E-state index in [4.69, 9.17) is 0 Å². The molecule has 0 saturated heterocycles. The predicted molar refractivity (Wildman–Crippen MR) is 103 cm³/mol. The van der Waals surface area contributed by atoms with Crippen molar-refractivity contribution < 1.29 is 8.42 Å². The van der Waals surface area contributed by atoms with Gasteiger partial charge in [-0.3, -0.25) is 4.79 Å². The predicted octanol–water partition coefficient (Wildman–Crippen LogP) is 1.62. The Balaban J connectivity index is 1.75. The molecule has 0 radical (unpaired) electrons. The van der Waals surface area contributed by atoms with Crippen LogP contribution in [0.2, 0.25) is 0 Å². The number of sulfonamides is 1. The van der Waals surface area contributed by atoms with Gasteiger partial charge in [-0.15, -0.1) is 0 Å². The smallest absolute Gasteiger partial charge is 0.274 e. The summed E-state index contributed by atoms with van der Waals surface area (Å²) in [5.74, 6) is 0.382. The molecule has 144 valence electrons. The van der Waals surface area contributed by atoms with Gasteiger partial charge in [0.2, 0.25) is 0 Å². The summed E-state index contributed by atoms with van der Waals surface area (Å²) in [6.45, 7) is 6.58. The number of hydrogen-bond acceptors (Lipinski definition) is 5. The molecule has 8 nitrogen and oxygen atoms in total. The first-order valence-electron chi connectivity index (χ1n) is 8.75. The molecule has 0 spiro atoms. The Morgan fingerprint density at radius 2 is 1.89 bits per heavy atom. The van der Waals surface area contributed by atoms with E-state index in [9.17, 15) is 13.2 Å². The van der Waals surface area contributed by atoms with E-state index < -0.39 is 16.1 Å². The number of nitrogens with one attached hydrogen (secondary N) is 1. The quantitative estimate of drug-likeness (QED) is 0.662. The molecule has 0 unspecified atom stereocenters. The summed E-state index contributed by atoms with van der Waals surface area (Å²) in [7, 11) is -3.78. The zero-order valence-electron chi connectivity index (χ0n) is 15.5. The molecule has 0 aliphatic heterocycles. The highest BCUT2D eigenvalue weighted by molar-refractivity contribution is 7.89. The fourth-order valence-corrected chi connectivity index (χ4v) is 4.06. The molecule has 3 aromatic rings. The second kappa shape index (κ2) is 7.61. The number of rotatable bonds is 7. The highest BCUT2D eigenvalue weighted by atomic mass is 32.2. The Hall–Kier alpha value is -2.52. The number of aromatic nitrogens is 4. The summed E-state index contributed by atoms with van der Waals surface area (Å²) in [5, 5.41) is 5.41. The molecule has 27 heavy (non-hydrogen) atoms. The lowest BCUT2D eigenvalue weighted by molar-refractivity contribution is 0.479. The summed E-state index contributed by atoms with van der Waals surface area (Å²) in [6.07, 6.45) is 4.62. The number of nitrogens with zero attached hydrogens (tertiary/aromatic N) is 4. The van der Waals surface area contributed by atoms with E-state index >= 15 is 0 Å². The fraction of sp³-hybridized carbons (Fsp3) is 0.389. The van der Waals surface area contributed by atoms with E-state index in [1.165, 1.54) is 17.2 Å². The highest BCUT2D eigenvalue weighted by Crippen LogP contribution is 2.09. The number of imidazole rings is 1. The molecule has 1 N–H and O–H groups in total. The van der Waals surface area contributed by atoms with Gasteiger partial charge in [0.15, 0.2) is 5.03 Å². The van der Waals surface area contributed by atoms with Crippen LogP contribution in [0.5, 0.6) is 0 Å². The molecule has 0 fully saturated rings. The van der Waals surface area contributed by atoms with Crippen LogP contribution in [0.4, 0.5) is 0 Å². The Morgan fingerprint density at radius 3 is 2.63 bits per heavy atom. The third kappa shape index (κ3) is 4.42. The molecule has 1 aromatic carbocycles. The van der Waals surface area contributed by atoms with Crippen molar-refractivity contribution in [2.75, 3.05) is 0 Å². The monoisotopic (exact) mass is 389 g/mol. The van der Waals surface area contributed by atoms with E-state index in [2.05, 4.69) is 14.8 Å². The zero-order chi connectivity index (χ0) is 19.6. The molecule has 9 heteroatoms. The minimum atomic E-state index is -3.78. The lowest BCUT2D eigenvalue weighted by Crippen LogP contribution is -2.39. The largest absolute Gasteiger partial charge is 0.336 e. The second-order valence-electron chi connectivity index (χ2n) is 7.04. The van der Waals surface area contributed by atoms with Gasteiger partial charge in [-0.05, 0) is 18.9 Å². The van der Waals surface area contributed by atoms with Crippen LogP contribution in [-0.4, -0.2) is 33.8 Å². The Morgan fingerprint density at radius 1 is 1.15 bits per heavy atom. The molecular weight excluding hydrogens is 366 g/mol. The maximum Gasteiger partial charge on any atom is 0.274 e. The highest BCUT2D eigenvalue weighted by Gasteiger charge is 2.21. The lowest BCUT2D eigenvalue weighted by Gasteiger charge is -2.14. The minimum Gasteiger partial charge on any atom is -0.336 e. The summed E-state index contributed by atoms with van der Waals surface area (Å²) in [4.78, 5) is 16.5. The molecular formula is C18H23N5O3S. The number of hydrogen-bond donors (Lipinski definition) is 1. The van der Waals surface area contributed by atoms with E-state index in [1.54, 1.807) is 29.8 Å². The maximum atomic E-state index is 12.5. The van der Waals surface area contributed by atoms with Crippen molar-refractivity contribution >= 4 is 20.8 Å². The van der Waals surface area contributed by atoms with Crippen molar-refractivity contribution in [2.24, 2.45) is 5.92 Å². The fourth-order valence-electron chi connectivity index (χ4n) is 2.88. The molecule has 0 saturated carbocycles. The third-order valence-electron chi connectivity index (χ3n) is 4.03. The topological polar surface area (TPSA) is 98.9 Å². The molecule has 0 aliphatic carbocycles. The van der Waals surface area contributed by atoms with Crippen molar-refractivity contribution in [1.82, 2.24) is 24.1 Å². The van der Waals surface area contributed by atoms with Gasteiger partial charge >= 0.3 is 0 Å². The maximum absolute atomic E-state index is 12.5. The molecule has 0 bridgehead atoms. The second-order valence-corrected chi connectivity index (χ2v) is 8.70. The van der Waals surface area contributed by atoms with Gasteiger partial charge in [0.1, 0.15) is 0 Å². The van der Waals surface area contributed by atoms with Crippen LogP contribution in [0.1, 0.15) is 20.8 Å². The van der Waals surface area contributed by atoms with E-state index in [-0.39, 0.29) is 17.1 Å². The first-order valence-corrected chi connectivity index (χ1v) is 10.2. The van der Waals surface area contributed by atoms with Crippen LogP contribution in [0.15, 0.2) is 52.8 Å². The van der Waals surface area contributed by atoms with Crippen molar-refractivity contribution in [2.45, 2.75) is 44.9 Å². The Bertz CT molecular complexity index is 1100. The van der Waals surface area contributed by atoms with Crippen LogP contribution in [-0.2, 0) is 23.1 Å². The van der Waals surface area contributed by atoms with E-state index in [1.807, 2.05) is 26.0 Å². The zero-order valence-corrected chi connectivity index (χ0v) is 16.3. The molecule has 1 atom stereocenters. The SMILES string of the molecule is CC(C)Cn1cnc(S(=O)(=O)N[C@H](C)Cn2ncc3ccccc3c2=O)c1. The molecule has 2 heterocycles. The van der Waals surface area contributed by atoms with Gasteiger partial charge < -0.3 is 4.57 Å². The van der Waals surface area contributed by atoms with Gasteiger partial charge in [-0.25, -0.2) is 22.8 Å². The van der Waals surface area contributed by atoms with Gasteiger partial charge in [-0.1, -0.05) is 32.0 Å². The van der Waals surface area contributed by atoms with E-state index in [0.29, 0.717) is 17.8 Å². The summed E-state index contributed by atoms with van der Waals surface area (Å²) in [5.41, 5.74) is -0.250. The number of fused-ring (bicyclic) bond motifs is 1. The Labute approximate surface area is 157 Å². The standard InChI is InChI=1S/C18H23N5O3S/c1-13(2)9-22-11-17(19-12-22)27(25,26)21-14(3)10-23-18(24)16-7-5-4-6-15(16)8-20-23/h4-8,11-14,21H,9-10H2,1-3H3/t14-/m1/s1. The first-order chi connectivity index (χ1) is 12.8. The van der Waals surface area contributed by atoms with Crippen LogP contribution in [0, 0.1) is 5.92 Å². The van der Waals surface area contributed by atoms with Crippen molar-refractivity contribution in [3.63, 3.8) is 0 Å².